The lowest BCUT2D eigenvalue weighted by molar-refractivity contribution is -0.150. The van der Waals surface area contributed by atoms with Gasteiger partial charge in [-0.1, -0.05) is 55.8 Å². The topological polar surface area (TPSA) is 81.4 Å². The number of nitriles is 1. The highest BCUT2D eigenvalue weighted by Gasteiger charge is 2.25. The molecule has 5 heteroatoms. The van der Waals surface area contributed by atoms with E-state index in [1.165, 1.54) is 11.8 Å². The Balaban J connectivity index is 2.22. The van der Waals surface area contributed by atoms with Crippen LogP contribution in [0.1, 0.15) is 44.2 Å². The normalized spacial score (nSPS) is 11.4. The van der Waals surface area contributed by atoms with Gasteiger partial charge in [0.05, 0.1) is 11.6 Å². The fraction of sp³-hybridized carbons (Fsp3) is 0.318. The smallest absolute Gasteiger partial charge is 0.326 e. The number of amides is 1. The SMILES string of the molecule is CCCCC(=O)N(Cc1ccc(-c2ccccc2C#N)cc1)[C@@H](C)C(=O)O. The van der Waals surface area contributed by atoms with Crippen molar-refractivity contribution < 1.29 is 14.7 Å². The standard InChI is InChI=1S/C22H24N2O3/c1-3-4-9-21(25)24(16(2)22(26)27)15-17-10-12-18(13-11-17)20-8-6-5-7-19(20)14-23/h5-8,10-13,16H,3-4,9,15H2,1-2H3,(H,26,27)/t16-/m0/s1. The molecule has 0 fully saturated rings. The van der Waals surface area contributed by atoms with Crippen LogP contribution in [0, 0.1) is 11.3 Å². The summed E-state index contributed by atoms with van der Waals surface area (Å²) in [7, 11) is 0. The number of nitrogens with zero attached hydrogens (tertiary/aromatic N) is 2. The van der Waals surface area contributed by atoms with Crippen molar-refractivity contribution >= 4 is 11.9 Å². The molecule has 2 aromatic carbocycles. The van der Waals surface area contributed by atoms with E-state index in [4.69, 9.17) is 0 Å². The van der Waals surface area contributed by atoms with Crippen molar-refractivity contribution in [3.8, 4) is 17.2 Å². The number of carboxylic acid groups (broad SMARTS) is 1. The molecule has 0 spiro atoms. The molecule has 0 aliphatic rings. The van der Waals surface area contributed by atoms with E-state index >= 15 is 0 Å². The summed E-state index contributed by atoms with van der Waals surface area (Å²) < 4.78 is 0. The molecule has 1 N–H and O–H groups in total. The van der Waals surface area contributed by atoms with Gasteiger partial charge in [0.2, 0.25) is 5.91 Å². The Morgan fingerprint density at radius 3 is 2.41 bits per heavy atom. The quantitative estimate of drug-likeness (QED) is 0.760. The highest BCUT2D eigenvalue weighted by Crippen LogP contribution is 2.24. The maximum Gasteiger partial charge on any atom is 0.326 e. The van der Waals surface area contributed by atoms with Gasteiger partial charge in [0.25, 0.3) is 0 Å². The molecular weight excluding hydrogens is 340 g/mol. The third-order valence-electron chi connectivity index (χ3n) is 4.55. The summed E-state index contributed by atoms with van der Waals surface area (Å²) in [5, 5.41) is 18.6. The van der Waals surface area contributed by atoms with E-state index in [0.717, 1.165) is 29.5 Å². The van der Waals surface area contributed by atoms with Crippen LogP contribution in [0.5, 0.6) is 0 Å². The largest absolute Gasteiger partial charge is 0.480 e. The zero-order valence-corrected chi connectivity index (χ0v) is 15.7. The van der Waals surface area contributed by atoms with E-state index in [-0.39, 0.29) is 12.5 Å². The number of carbonyl (C=O) groups is 2. The first kappa shape index (κ1) is 20.2. The lowest BCUT2D eigenvalue weighted by atomic mass is 9.99. The molecule has 140 valence electrons. The van der Waals surface area contributed by atoms with Crippen LogP contribution in [0.2, 0.25) is 0 Å². The molecular formula is C22H24N2O3. The van der Waals surface area contributed by atoms with Gasteiger partial charge in [0, 0.05) is 13.0 Å². The minimum Gasteiger partial charge on any atom is -0.480 e. The summed E-state index contributed by atoms with van der Waals surface area (Å²) in [6.07, 6.45) is 1.97. The molecule has 0 aliphatic carbocycles. The molecule has 0 heterocycles. The minimum absolute atomic E-state index is 0.148. The number of carboxylic acids is 1. The lowest BCUT2D eigenvalue weighted by Gasteiger charge is -2.27. The van der Waals surface area contributed by atoms with Crippen molar-refractivity contribution in [3.63, 3.8) is 0 Å². The fourth-order valence-corrected chi connectivity index (χ4v) is 2.86. The first-order chi connectivity index (χ1) is 13.0. The third kappa shape index (κ3) is 5.18. The number of rotatable bonds is 8. The number of unbranched alkanes of at least 4 members (excludes halogenated alkanes) is 1. The highest BCUT2D eigenvalue weighted by molar-refractivity contribution is 5.83. The zero-order valence-electron chi connectivity index (χ0n) is 15.7. The van der Waals surface area contributed by atoms with Crippen LogP contribution in [-0.4, -0.2) is 27.9 Å². The number of benzene rings is 2. The van der Waals surface area contributed by atoms with Gasteiger partial charge in [-0.2, -0.15) is 5.26 Å². The number of carbonyl (C=O) groups excluding carboxylic acids is 1. The predicted octanol–water partition coefficient (Wildman–Crippen LogP) is 4.22. The van der Waals surface area contributed by atoms with Crippen LogP contribution in [0.4, 0.5) is 0 Å². The van der Waals surface area contributed by atoms with Gasteiger partial charge in [-0.25, -0.2) is 4.79 Å². The Morgan fingerprint density at radius 2 is 1.81 bits per heavy atom. The molecule has 0 aromatic heterocycles. The third-order valence-corrected chi connectivity index (χ3v) is 4.55. The van der Waals surface area contributed by atoms with E-state index in [0.29, 0.717) is 12.0 Å². The minimum atomic E-state index is -1.01. The Labute approximate surface area is 159 Å². The van der Waals surface area contributed by atoms with Crippen LogP contribution in [0.3, 0.4) is 0 Å². The summed E-state index contributed by atoms with van der Waals surface area (Å²) in [5.74, 6) is -1.16. The van der Waals surface area contributed by atoms with E-state index in [1.807, 2.05) is 49.4 Å². The molecule has 0 bridgehead atoms. The predicted molar refractivity (Wildman–Crippen MR) is 104 cm³/mol. The molecule has 0 radical (unpaired) electrons. The molecule has 0 saturated carbocycles. The van der Waals surface area contributed by atoms with Crippen molar-refractivity contribution in [2.24, 2.45) is 0 Å². The van der Waals surface area contributed by atoms with Crippen molar-refractivity contribution in [1.29, 1.82) is 5.26 Å². The molecule has 1 atom stereocenters. The van der Waals surface area contributed by atoms with Crippen molar-refractivity contribution in [2.75, 3.05) is 0 Å². The first-order valence-corrected chi connectivity index (χ1v) is 9.08. The summed E-state index contributed by atoms with van der Waals surface area (Å²) in [6.45, 7) is 3.77. The average Bonchev–Trinajstić information content (AvgIpc) is 2.70. The van der Waals surface area contributed by atoms with Gasteiger partial charge in [0.1, 0.15) is 6.04 Å². The van der Waals surface area contributed by atoms with Gasteiger partial charge in [-0.15, -0.1) is 0 Å². The molecule has 1 amide bonds. The van der Waals surface area contributed by atoms with Crippen molar-refractivity contribution in [3.05, 3.63) is 59.7 Å². The summed E-state index contributed by atoms with van der Waals surface area (Å²) in [6, 6.07) is 16.2. The molecule has 0 unspecified atom stereocenters. The van der Waals surface area contributed by atoms with E-state index in [9.17, 15) is 20.0 Å². The molecule has 5 nitrogen and oxygen atoms in total. The average molecular weight is 364 g/mol. The lowest BCUT2D eigenvalue weighted by Crippen LogP contribution is -2.42. The van der Waals surface area contributed by atoms with E-state index in [1.54, 1.807) is 6.07 Å². The molecule has 2 aromatic rings. The first-order valence-electron chi connectivity index (χ1n) is 9.08. The Kier molecular flexibility index (Phi) is 7.13. The van der Waals surface area contributed by atoms with Gasteiger partial charge in [-0.05, 0) is 36.1 Å². The number of hydrogen-bond acceptors (Lipinski definition) is 3. The van der Waals surface area contributed by atoms with Gasteiger partial charge < -0.3 is 10.0 Å². The molecule has 0 aliphatic heterocycles. The fourth-order valence-electron chi connectivity index (χ4n) is 2.86. The zero-order chi connectivity index (χ0) is 19.8. The summed E-state index contributed by atoms with van der Waals surface area (Å²) >= 11 is 0. The van der Waals surface area contributed by atoms with Crippen LogP contribution in [0.25, 0.3) is 11.1 Å². The van der Waals surface area contributed by atoms with Crippen LogP contribution in [0.15, 0.2) is 48.5 Å². The maximum absolute atomic E-state index is 12.5. The van der Waals surface area contributed by atoms with Crippen LogP contribution >= 0.6 is 0 Å². The van der Waals surface area contributed by atoms with Crippen molar-refractivity contribution in [1.82, 2.24) is 4.90 Å². The molecule has 2 rings (SSSR count). The Hall–Kier alpha value is -3.13. The van der Waals surface area contributed by atoms with Gasteiger partial charge in [-0.3, -0.25) is 4.79 Å². The summed E-state index contributed by atoms with van der Waals surface area (Å²) in [5.41, 5.74) is 3.21. The summed E-state index contributed by atoms with van der Waals surface area (Å²) in [4.78, 5) is 25.3. The van der Waals surface area contributed by atoms with Crippen LogP contribution < -0.4 is 0 Å². The van der Waals surface area contributed by atoms with Gasteiger partial charge >= 0.3 is 5.97 Å². The Bertz CT molecular complexity index is 837. The molecule has 27 heavy (non-hydrogen) atoms. The van der Waals surface area contributed by atoms with E-state index in [2.05, 4.69) is 6.07 Å². The second kappa shape index (κ2) is 9.54. The van der Waals surface area contributed by atoms with E-state index < -0.39 is 12.0 Å². The highest BCUT2D eigenvalue weighted by atomic mass is 16.4. The molecule has 0 saturated heterocycles. The monoisotopic (exact) mass is 364 g/mol. The second-order valence-corrected chi connectivity index (χ2v) is 6.49. The number of aliphatic carboxylic acids is 1. The second-order valence-electron chi connectivity index (χ2n) is 6.49. The maximum atomic E-state index is 12.5. The Morgan fingerprint density at radius 1 is 1.15 bits per heavy atom. The van der Waals surface area contributed by atoms with Gasteiger partial charge in [0.15, 0.2) is 0 Å². The van der Waals surface area contributed by atoms with Crippen molar-refractivity contribution in [2.45, 2.75) is 45.7 Å². The number of hydrogen-bond donors (Lipinski definition) is 1. The van der Waals surface area contributed by atoms with Crippen LogP contribution in [-0.2, 0) is 16.1 Å².